The summed E-state index contributed by atoms with van der Waals surface area (Å²) in [6, 6.07) is 26.9. The van der Waals surface area contributed by atoms with Crippen molar-refractivity contribution in [2.24, 2.45) is 16.6 Å². The summed E-state index contributed by atoms with van der Waals surface area (Å²) in [6.45, 7) is 3.31. The first kappa shape index (κ1) is 80.4. The van der Waals surface area contributed by atoms with Crippen LogP contribution in [0, 0.1) is 39.9 Å². The molecule has 6 unspecified atom stereocenters. The van der Waals surface area contributed by atoms with Crippen molar-refractivity contribution in [3.63, 3.8) is 0 Å². The first-order valence-electron chi connectivity index (χ1n) is 27.9. The van der Waals surface area contributed by atoms with Crippen molar-refractivity contribution in [1.29, 1.82) is 0 Å². The Hall–Kier alpha value is -9.83. The highest BCUT2D eigenvalue weighted by atomic mass is 19.4. The van der Waals surface area contributed by atoms with E-state index < -0.39 is 182 Å². The number of halogens is 11. The van der Waals surface area contributed by atoms with E-state index in [1.807, 2.05) is 0 Å². The fraction of sp³-hybridized carbons (Fsp3) is 0.387. The number of rotatable bonds is 26. The highest BCUT2D eigenvalue weighted by Gasteiger charge is 2.36. The summed E-state index contributed by atoms with van der Waals surface area (Å²) in [5.74, 6) is -17.8. The van der Waals surface area contributed by atoms with Crippen LogP contribution in [0.5, 0.6) is 5.75 Å². The van der Waals surface area contributed by atoms with Gasteiger partial charge in [-0.25, -0.2) is 51.5 Å². The molecular weight excluding hydrogens is 1320 g/mol. The zero-order valence-electron chi connectivity index (χ0n) is 51.7. The third-order valence-electron chi connectivity index (χ3n) is 12.4. The molecule has 0 aliphatic rings. The number of esters is 4. The Balaban J connectivity index is 0.000000425. The van der Waals surface area contributed by atoms with Gasteiger partial charge in [-0.05, 0) is 68.1 Å². The largest absolute Gasteiger partial charge is 0.514 e. The second-order valence-corrected chi connectivity index (χ2v) is 20.9. The first-order valence-corrected chi connectivity index (χ1v) is 27.9. The lowest BCUT2D eigenvalue weighted by atomic mass is 9.94. The van der Waals surface area contributed by atoms with Gasteiger partial charge in [0.25, 0.3) is 0 Å². The van der Waals surface area contributed by atoms with E-state index >= 15 is 0 Å². The quantitative estimate of drug-likeness (QED) is 0.00998. The number of ether oxygens (including phenoxy) is 11. The predicted molar refractivity (Wildman–Crippen MR) is 305 cm³/mol. The molecule has 0 heterocycles. The number of hydrogen-bond acceptors (Lipinski definition) is 22. The minimum Gasteiger partial charge on any atom is -0.458 e. The standard InChI is InChI=1S/C28H32F3NO10.C26H25F5O11.C8H8F3N/c1-18(23(34)38-14-20-8-5-4-6-9-20)41-24(35)19(2)42-26(37)40-17-27(3,15-33)16-39-25(36)32-13-21-10-7-11-22(12-21)28(29,30)31;1-13(22(33)37-9-15-7-5-4-6-8-15)40-23(34)14(2)41-24(35)38-11-26(3,10-32)12-39-25(36)42-21-19(30)17(28)16(27)18(29)20(21)31;9-8(10,11)7-3-1-2-6(4-7)5-12/h4-12,18-19,33H,13-17H2,1-3H3,(H,32,36);4-8,13-14,32H,9-12H2,1-3H3;1-4H,5,12H2. The molecule has 0 aromatic heterocycles. The molecule has 0 aliphatic heterocycles. The van der Waals surface area contributed by atoms with Gasteiger partial charge in [0, 0.05) is 13.1 Å². The third kappa shape index (κ3) is 27.6. The van der Waals surface area contributed by atoms with Crippen molar-refractivity contribution < 1.29 is 149 Å². The molecule has 6 atom stereocenters. The number of hydrogen-bond donors (Lipinski definition) is 4. The lowest BCUT2D eigenvalue weighted by molar-refractivity contribution is -0.172. The molecule has 96 heavy (non-hydrogen) atoms. The molecule has 0 bridgehead atoms. The highest BCUT2D eigenvalue weighted by molar-refractivity contribution is 5.83. The smallest absolute Gasteiger partial charge is 0.458 e. The topological polar surface area (TPSA) is 317 Å². The number of carbonyl (C=O) groups is 8. The van der Waals surface area contributed by atoms with Gasteiger partial charge in [-0.3, -0.25) is 0 Å². The number of benzene rings is 5. The van der Waals surface area contributed by atoms with E-state index in [-0.39, 0.29) is 31.9 Å². The molecule has 0 spiro atoms. The Bertz CT molecular complexity index is 3380. The average molecular weight is 1380 g/mol. The maximum absolute atomic E-state index is 13.7. The first-order chi connectivity index (χ1) is 44.9. The van der Waals surface area contributed by atoms with Crippen molar-refractivity contribution in [2.75, 3.05) is 39.6 Å². The Morgan fingerprint density at radius 3 is 1.17 bits per heavy atom. The molecule has 0 saturated heterocycles. The van der Waals surface area contributed by atoms with Crippen LogP contribution >= 0.6 is 0 Å². The molecule has 0 aliphatic carbocycles. The molecule has 23 nitrogen and oxygen atoms in total. The van der Waals surface area contributed by atoms with Gasteiger partial charge in [0.05, 0.1) is 35.2 Å². The summed E-state index contributed by atoms with van der Waals surface area (Å²) in [5, 5.41) is 21.6. The van der Waals surface area contributed by atoms with Crippen LogP contribution in [0.3, 0.4) is 0 Å². The van der Waals surface area contributed by atoms with Crippen molar-refractivity contribution in [3.05, 3.63) is 172 Å². The molecule has 34 heteroatoms. The van der Waals surface area contributed by atoms with Crippen LogP contribution in [-0.4, -0.2) is 123 Å². The van der Waals surface area contributed by atoms with E-state index in [1.165, 1.54) is 52.8 Å². The maximum atomic E-state index is 13.7. The Labute approximate surface area is 539 Å². The summed E-state index contributed by atoms with van der Waals surface area (Å²) < 4.78 is 194. The second-order valence-electron chi connectivity index (χ2n) is 20.9. The average Bonchev–Trinajstić information content (AvgIpc) is 0.806. The van der Waals surface area contributed by atoms with Gasteiger partial charge in [-0.2, -0.15) is 35.1 Å². The molecule has 0 saturated carbocycles. The summed E-state index contributed by atoms with van der Waals surface area (Å²) in [6.07, 6.45) is -20.1. The molecule has 5 N–H and O–H groups in total. The van der Waals surface area contributed by atoms with E-state index in [1.54, 1.807) is 66.7 Å². The molecule has 1 amide bonds. The summed E-state index contributed by atoms with van der Waals surface area (Å²) in [7, 11) is 0. The maximum Gasteiger partial charge on any atom is 0.514 e. The van der Waals surface area contributed by atoms with Gasteiger partial charge >= 0.3 is 60.8 Å². The lowest BCUT2D eigenvalue weighted by Gasteiger charge is -2.26. The number of alkyl halides is 6. The van der Waals surface area contributed by atoms with Crippen LogP contribution in [0.15, 0.2) is 109 Å². The number of aliphatic hydroxyl groups is 2. The summed E-state index contributed by atoms with van der Waals surface area (Å²) in [4.78, 5) is 96.4. The predicted octanol–water partition coefficient (Wildman–Crippen LogP) is 10.4. The van der Waals surface area contributed by atoms with Crippen LogP contribution in [0.4, 0.5) is 67.5 Å². The minimum atomic E-state index is -4.53. The molecule has 5 aromatic carbocycles. The molecule has 5 rings (SSSR count). The van der Waals surface area contributed by atoms with Crippen LogP contribution in [-0.2, 0) is 105 Å². The molecule has 5 aromatic rings. The van der Waals surface area contributed by atoms with Gasteiger partial charge in [0.1, 0.15) is 39.6 Å². The number of nitrogens with two attached hydrogens (primary N) is 1. The van der Waals surface area contributed by atoms with Crippen LogP contribution in [0.2, 0.25) is 0 Å². The SMILES string of the molecule is CC(OC(=O)OCC(C)(CO)COC(=O)NCc1cccc(C(F)(F)F)c1)C(=O)OC(C)C(=O)OCc1ccccc1.CC(OC(=O)OCC(C)(CO)COC(=O)Oc1c(F)c(F)c(F)c(F)c1F)C(=O)OC(C)C(=O)OCc1ccccc1.NCc1cccc(C(F)(F)F)c1. The fourth-order valence-electron chi connectivity index (χ4n) is 6.73. The molecule has 526 valence electrons. The molecular formula is C62H65F11N2O21. The van der Waals surface area contributed by atoms with E-state index in [2.05, 4.69) is 14.8 Å². The minimum absolute atomic E-state index is 0.0230. The van der Waals surface area contributed by atoms with Crippen molar-refractivity contribution in [1.82, 2.24) is 5.32 Å². The number of amides is 1. The van der Waals surface area contributed by atoms with Gasteiger partial charge < -0.3 is 73.4 Å². The number of nitrogens with one attached hydrogen (secondary N) is 1. The van der Waals surface area contributed by atoms with Gasteiger partial charge in [0.15, 0.2) is 24.4 Å². The van der Waals surface area contributed by atoms with Crippen LogP contribution < -0.4 is 15.8 Å². The van der Waals surface area contributed by atoms with E-state index in [4.69, 9.17) is 48.4 Å². The molecule has 0 fully saturated rings. The highest BCUT2D eigenvalue weighted by Crippen LogP contribution is 2.32. The third-order valence-corrected chi connectivity index (χ3v) is 12.4. The van der Waals surface area contributed by atoms with E-state index in [0.717, 1.165) is 36.8 Å². The number of carbonyl (C=O) groups excluding carboxylic acids is 8. The Kier molecular flexibility index (Phi) is 31.7. The van der Waals surface area contributed by atoms with Crippen molar-refractivity contribution in [3.8, 4) is 5.75 Å². The van der Waals surface area contributed by atoms with Crippen molar-refractivity contribution in [2.45, 2.75) is 105 Å². The van der Waals surface area contributed by atoms with Crippen LogP contribution in [0.25, 0.3) is 0 Å². The van der Waals surface area contributed by atoms with Gasteiger partial charge in [0.2, 0.25) is 34.8 Å². The zero-order valence-corrected chi connectivity index (χ0v) is 51.7. The zero-order chi connectivity index (χ0) is 72.1. The monoisotopic (exact) mass is 1380 g/mol. The fourth-order valence-corrected chi connectivity index (χ4v) is 6.73. The lowest BCUT2D eigenvalue weighted by Crippen LogP contribution is -2.38. The summed E-state index contributed by atoms with van der Waals surface area (Å²) in [5.41, 5.74) is 2.91. The van der Waals surface area contributed by atoms with Crippen molar-refractivity contribution >= 4 is 48.4 Å². The second kappa shape index (κ2) is 37.9. The molecule has 0 radical (unpaired) electrons. The Morgan fingerprint density at radius 1 is 0.438 bits per heavy atom. The summed E-state index contributed by atoms with van der Waals surface area (Å²) >= 11 is 0. The van der Waals surface area contributed by atoms with E-state index in [9.17, 15) is 96.9 Å². The Morgan fingerprint density at radius 2 is 0.781 bits per heavy atom. The van der Waals surface area contributed by atoms with Gasteiger partial charge in [-0.1, -0.05) is 105 Å². The normalized spacial score (nSPS) is 13.5. The van der Waals surface area contributed by atoms with Gasteiger partial charge in [-0.15, -0.1) is 0 Å². The van der Waals surface area contributed by atoms with Crippen LogP contribution in [0.1, 0.15) is 74.9 Å². The number of aliphatic hydroxyl groups excluding tert-OH is 2. The number of alkyl carbamates (subject to hydrolysis) is 1. The van der Waals surface area contributed by atoms with E-state index in [0.29, 0.717) is 11.1 Å².